The summed E-state index contributed by atoms with van der Waals surface area (Å²) < 4.78 is 158. The van der Waals surface area contributed by atoms with E-state index in [9.17, 15) is 62.6 Å². The van der Waals surface area contributed by atoms with Crippen molar-refractivity contribution in [3.8, 4) is 0 Å². The molecule has 2 atom stereocenters. The van der Waals surface area contributed by atoms with E-state index in [2.05, 4.69) is 11.3 Å². The molecular formula is C16H18F12O4. The molecule has 16 heteroatoms. The molecular weight excluding hydrogens is 484 g/mol. The summed E-state index contributed by atoms with van der Waals surface area (Å²) in [5.74, 6) is -3.83. The lowest BCUT2D eigenvalue weighted by Crippen LogP contribution is -2.59. The largest absolute Gasteiger partial charge is 0.459 e. The molecule has 0 bridgehead atoms. The van der Waals surface area contributed by atoms with Crippen molar-refractivity contribution < 1.29 is 72.4 Å². The third-order valence-corrected chi connectivity index (χ3v) is 4.53. The van der Waals surface area contributed by atoms with Crippen molar-refractivity contribution in [2.45, 2.75) is 75.1 Å². The van der Waals surface area contributed by atoms with Crippen molar-refractivity contribution in [3.63, 3.8) is 0 Å². The Morgan fingerprint density at radius 2 is 1.16 bits per heavy atom. The highest BCUT2D eigenvalue weighted by atomic mass is 19.4. The lowest BCUT2D eigenvalue weighted by atomic mass is 9.83. The van der Waals surface area contributed by atoms with Crippen LogP contribution in [-0.4, -0.2) is 58.2 Å². The Hall–Kier alpha value is -1.71. The fourth-order valence-electron chi connectivity index (χ4n) is 2.48. The number of hydrogen-bond acceptors (Lipinski definition) is 4. The van der Waals surface area contributed by atoms with Crippen LogP contribution in [0.25, 0.3) is 0 Å². The van der Waals surface area contributed by atoms with Gasteiger partial charge in [-0.15, -0.1) is 0 Å². The van der Waals surface area contributed by atoms with E-state index < -0.39 is 78.7 Å². The maximum Gasteiger partial charge on any atom is 0.426 e. The average Bonchev–Trinajstić information content (AvgIpc) is 2.53. The molecule has 2 unspecified atom stereocenters. The van der Waals surface area contributed by atoms with Gasteiger partial charge in [0, 0.05) is 12.0 Å². The Morgan fingerprint density at radius 3 is 1.44 bits per heavy atom. The Balaban J connectivity index is 6.11. The quantitative estimate of drug-likeness (QED) is 0.279. The topological polar surface area (TPSA) is 66.8 Å². The van der Waals surface area contributed by atoms with E-state index in [-0.39, 0.29) is 0 Å². The second-order valence-electron chi connectivity index (χ2n) is 7.16. The molecule has 0 radical (unpaired) electrons. The molecule has 2 N–H and O–H groups in total. The van der Waals surface area contributed by atoms with Gasteiger partial charge in [0.15, 0.2) is 0 Å². The molecule has 0 aromatic heterocycles. The van der Waals surface area contributed by atoms with Gasteiger partial charge in [-0.1, -0.05) is 13.5 Å². The van der Waals surface area contributed by atoms with Gasteiger partial charge in [0.25, 0.3) is 11.2 Å². The van der Waals surface area contributed by atoms with Crippen LogP contribution in [0, 0.1) is 5.92 Å². The zero-order chi connectivity index (χ0) is 26.1. The van der Waals surface area contributed by atoms with E-state index in [0.29, 0.717) is 6.92 Å². The first-order valence-electron chi connectivity index (χ1n) is 8.40. The molecule has 0 aliphatic carbocycles. The Labute approximate surface area is 172 Å². The zero-order valence-electron chi connectivity index (χ0n) is 16.2. The molecule has 0 saturated heterocycles. The van der Waals surface area contributed by atoms with Crippen LogP contribution in [-0.2, 0) is 9.53 Å². The molecule has 32 heavy (non-hydrogen) atoms. The summed E-state index contributed by atoms with van der Waals surface area (Å²) in [5, 5.41) is 18.3. The molecule has 0 amide bonds. The van der Waals surface area contributed by atoms with Crippen molar-refractivity contribution >= 4 is 5.97 Å². The Morgan fingerprint density at radius 1 is 0.812 bits per heavy atom. The van der Waals surface area contributed by atoms with Crippen molar-refractivity contribution in [3.05, 3.63) is 12.2 Å². The first kappa shape index (κ1) is 30.3. The van der Waals surface area contributed by atoms with Crippen LogP contribution in [0.2, 0.25) is 0 Å². The number of esters is 1. The highest BCUT2D eigenvalue weighted by molar-refractivity contribution is 5.87. The summed E-state index contributed by atoms with van der Waals surface area (Å²) in [6, 6.07) is 0. The third-order valence-electron chi connectivity index (χ3n) is 4.53. The molecule has 0 spiro atoms. The van der Waals surface area contributed by atoms with Crippen molar-refractivity contribution in [2.24, 2.45) is 5.92 Å². The van der Waals surface area contributed by atoms with Gasteiger partial charge in [-0.25, -0.2) is 4.79 Å². The maximum absolute atomic E-state index is 12.9. The monoisotopic (exact) mass is 502 g/mol. The summed E-state index contributed by atoms with van der Waals surface area (Å²) >= 11 is 0. The highest BCUT2D eigenvalue weighted by Crippen LogP contribution is 2.49. The van der Waals surface area contributed by atoms with Gasteiger partial charge in [0.05, 0.1) is 0 Å². The first-order valence-corrected chi connectivity index (χ1v) is 8.40. The molecule has 4 nitrogen and oxygen atoms in total. The molecule has 0 rings (SSSR count). The van der Waals surface area contributed by atoms with E-state index in [1.54, 1.807) is 0 Å². The fraction of sp³-hybridized carbons (Fsp3) is 0.812. The van der Waals surface area contributed by atoms with Crippen molar-refractivity contribution in [2.75, 3.05) is 0 Å². The number of rotatable bonds is 8. The van der Waals surface area contributed by atoms with Crippen LogP contribution < -0.4 is 0 Å². The summed E-state index contributed by atoms with van der Waals surface area (Å²) in [4.78, 5) is 11.6. The van der Waals surface area contributed by atoms with E-state index in [1.165, 1.54) is 0 Å². The van der Waals surface area contributed by atoms with Crippen molar-refractivity contribution in [1.82, 2.24) is 0 Å². The predicted molar refractivity (Wildman–Crippen MR) is 81.8 cm³/mol. The van der Waals surface area contributed by atoms with Gasteiger partial charge in [-0.3, -0.25) is 0 Å². The van der Waals surface area contributed by atoms with E-state index in [1.807, 2.05) is 0 Å². The third kappa shape index (κ3) is 6.42. The molecule has 0 aliphatic rings. The minimum absolute atomic E-state index is 0.471. The first-order chi connectivity index (χ1) is 13.8. The van der Waals surface area contributed by atoms with Gasteiger partial charge in [0.2, 0.25) is 0 Å². The molecule has 0 saturated carbocycles. The lowest BCUT2D eigenvalue weighted by Gasteiger charge is -2.37. The van der Waals surface area contributed by atoms with Crippen LogP contribution in [0.4, 0.5) is 52.7 Å². The van der Waals surface area contributed by atoms with E-state index in [4.69, 9.17) is 5.11 Å². The number of carbonyl (C=O) groups is 1. The average molecular weight is 502 g/mol. The SMILES string of the molecule is C=C(C)C(=O)OC(CCC(O)(C(F)(F)F)C(F)(F)F)C(C)CC(O)(C(F)(F)F)C(F)(F)F. The van der Waals surface area contributed by atoms with Gasteiger partial charge >= 0.3 is 30.7 Å². The summed E-state index contributed by atoms with van der Waals surface area (Å²) in [5.41, 5.74) is -11.4. The summed E-state index contributed by atoms with van der Waals surface area (Å²) in [6.07, 6.45) is -34.1. The lowest BCUT2D eigenvalue weighted by molar-refractivity contribution is -0.374. The van der Waals surface area contributed by atoms with Gasteiger partial charge in [-0.05, 0) is 25.7 Å². The standard InChI is InChI=1S/C16H18F12O4/c1-7(2)10(29)32-9(4-5-11(30,13(17,18)19)14(20,21)22)8(3)6-12(31,15(23,24)25)16(26,27)28/h8-9,30-31H,1,4-6H2,2-3H3. The van der Waals surface area contributed by atoms with Crippen LogP contribution in [0.5, 0.6) is 0 Å². The zero-order valence-corrected chi connectivity index (χ0v) is 16.2. The maximum atomic E-state index is 12.9. The number of aliphatic hydroxyl groups is 2. The Kier molecular flexibility index (Phi) is 8.77. The number of hydrogen-bond donors (Lipinski definition) is 2. The predicted octanol–water partition coefficient (Wildman–Crippen LogP) is 4.99. The van der Waals surface area contributed by atoms with Crippen LogP contribution >= 0.6 is 0 Å². The van der Waals surface area contributed by atoms with Crippen molar-refractivity contribution in [1.29, 1.82) is 0 Å². The normalized spacial score (nSPS) is 16.5. The number of halogens is 12. The highest BCUT2D eigenvalue weighted by Gasteiger charge is 2.71. The second kappa shape index (κ2) is 9.27. The minimum atomic E-state index is -6.35. The van der Waals surface area contributed by atoms with Gasteiger partial charge in [-0.2, -0.15) is 52.7 Å². The van der Waals surface area contributed by atoms with Crippen LogP contribution in [0.1, 0.15) is 33.1 Å². The minimum Gasteiger partial charge on any atom is -0.459 e. The fourth-order valence-corrected chi connectivity index (χ4v) is 2.48. The molecule has 0 aromatic carbocycles. The summed E-state index contributed by atoms with van der Waals surface area (Å²) in [7, 11) is 0. The van der Waals surface area contributed by atoms with E-state index >= 15 is 0 Å². The van der Waals surface area contributed by atoms with Crippen LogP contribution in [0.3, 0.4) is 0 Å². The van der Waals surface area contributed by atoms with Gasteiger partial charge in [0.1, 0.15) is 6.10 Å². The molecule has 0 aliphatic heterocycles. The number of alkyl halides is 12. The smallest absolute Gasteiger partial charge is 0.426 e. The second-order valence-corrected chi connectivity index (χ2v) is 7.16. The number of ether oxygens (including phenoxy) is 1. The molecule has 190 valence electrons. The molecule has 0 heterocycles. The Bertz CT molecular complexity index is 646. The van der Waals surface area contributed by atoms with E-state index in [0.717, 1.165) is 6.92 Å². The summed E-state index contributed by atoms with van der Waals surface area (Å²) in [6.45, 7) is 4.41. The van der Waals surface area contributed by atoms with Crippen LogP contribution in [0.15, 0.2) is 12.2 Å². The molecule has 0 aromatic rings. The van der Waals surface area contributed by atoms with Gasteiger partial charge < -0.3 is 14.9 Å². The molecule has 0 fully saturated rings. The number of carbonyl (C=O) groups excluding carboxylic acids is 1.